The largest absolute Gasteiger partial charge is 0.353 e. The van der Waals surface area contributed by atoms with E-state index < -0.39 is 0 Å². The molecule has 1 fully saturated rings. The lowest BCUT2D eigenvalue weighted by Gasteiger charge is -2.26. The zero-order valence-electron chi connectivity index (χ0n) is 13.2. The highest BCUT2D eigenvalue weighted by molar-refractivity contribution is 7.99. The van der Waals surface area contributed by atoms with Crippen LogP contribution in [0.25, 0.3) is 11.0 Å². The Bertz CT molecular complexity index is 659. The Morgan fingerprint density at radius 1 is 1.32 bits per heavy atom. The van der Waals surface area contributed by atoms with Crippen molar-refractivity contribution in [2.24, 2.45) is 13.0 Å². The van der Waals surface area contributed by atoms with Gasteiger partial charge >= 0.3 is 0 Å². The number of aromatic nitrogens is 2. The summed E-state index contributed by atoms with van der Waals surface area (Å²) in [7, 11) is 2.00. The Labute approximate surface area is 135 Å². The first-order valence-electron chi connectivity index (χ1n) is 7.97. The number of aryl methyl sites for hydroxylation is 1. The molecule has 1 aromatic heterocycles. The van der Waals surface area contributed by atoms with E-state index in [1.165, 1.54) is 24.6 Å². The smallest absolute Gasteiger partial charge is 0.230 e. The maximum atomic E-state index is 12.1. The number of hydrogen-bond acceptors (Lipinski definition) is 3. The van der Waals surface area contributed by atoms with Crippen molar-refractivity contribution in [2.75, 3.05) is 5.75 Å². The third-order valence-corrected chi connectivity index (χ3v) is 5.49. The van der Waals surface area contributed by atoms with Crippen molar-refractivity contribution in [3.63, 3.8) is 0 Å². The van der Waals surface area contributed by atoms with Gasteiger partial charge in [-0.05, 0) is 43.7 Å². The molecule has 22 heavy (non-hydrogen) atoms. The lowest BCUT2D eigenvalue weighted by molar-refractivity contribution is -0.119. The molecule has 5 heteroatoms. The van der Waals surface area contributed by atoms with Gasteiger partial charge in [-0.1, -0.05) is 30.8 Å². The molecule has 4 nitrogen and oxygen atoms in total. The lowest BCUT2D eigenvalue weighted by Crippen LogP contribution is -2.38. The zero-order chi connectivity index (χ0) is 15.5. The molecule has 0 unspecified atom stereocenters. The van der Waals surface area contributed by atoms with Crippen molar-refractivity contribution in [3.8, 4) is 0 Å². The Kier molecular flexibility index (Phi) is 4.71. The predicted molar refractivity (Wildman–Crippen MR) is 91.0 cm³/mol. The highest BCUT2D eigenvalue weighted by Gasteiger charge is 2.20. The second kappa shape index (κ2) is 6.73. The molecule has 3 rings (SSSR count). The van der Waals surface area contributed by atoms with Gasteiger partial charge < -0.3 is 9.88 Å². The molecular weight excluding hydrogens is 294 g/mol. The van der Waals surface area contributed by atoms with E-state index in [9.17, 15) is 4.79 Å². The standard InChI is InChI=1S/C17H23N3OS/c1-12-7-9-13(10-8-12)18-16(21)11-22-17-19-14-5-3-4-6-15(14)20(17)2/h3-6,12-13H,7-11H2,1-2H3,(H,18,21). The average molecular weight is 317 g/mol. The topological polar surface area (TPSA) is 46.9 Å². The minimum Gasteiger partial charge on any atom is -0.353 e. The summed E-state index contributed by atoms with van der Waals surface area (Å²) in [4.78, 5) is 16.7. The fourth-order valence-corrected chi connectivity index (χ4v) is 3.85. The van der Waals surface area contributed by atoms with Crippen molar-refractivity contribution in [3.05, 3.63) is 24.3 Å². The van der Waals surface area contributed by atoms with Gasteiger partial charge in [0.2, 0.25) is 5.91 Å². The summed E-state index contributed by atoms with van der Waals surface area (Å²) in [6.45, 7) is 2.29. The molecule has 1 amide bonds. The molecule has 1 aromatic carbocycles. The van der Waals surface area contributed by atoms with Gasteiger partial charge in [-0.2, -0.15) is 0 Å². The summed E-state index contributed by atoms with van der Waals surface area (Å²) in [6, 6.07) is 8.42. The van der Waals surface area contributed by atoms with Gasteiger partial charge in [0, 0.05) is 13.1 Å². The van der Waals surface area contributed by atoms with E-state index in [1.54, 1.807) is 0 Å². The minimum absolute atomic E-state index is 0.122. The molecule has 1 N–H and O–H groups in total. The fraction of sp³-hybridized carbons (Fsp3) is 0.529. The maximum absolute atomic E-state index is 12.1. The SMILES string of the molecule is CC1CCC(NC(=O)CSc2nc3ccccc3n2C)CC1. The van der Waals surface area contributed by atoms with Crippen molar-refractivity contribution >= 4 is 28.7 Å². The third-order valence-electron chi connectivity index (χ3n) is 4.46. The third kappa shape index (κ3) is 3.46. The number of rotatable bonds is 4. The Hall–Kier alpha value is -1.49. The van der Waals surface area contributed by atoms with Gasteiger partial charge in [-0.25, -0.2) is 4.98 Å². The van der Waals surface area contributed by atoms with Crippen molar-refractivity contribution in [1.82, 2.24) is 14.9 Å². The van der Waals surface area contributed by atoms with Crippen LogP contribution in [0.4, 0.5) is 0 Å². The van der Waals surface area contributed by atoms with E-state index in [0.717, 1.165) is 34.9 Å². The molecule has 0 radical (unpaired) electrons. The maximum Gasteiger partial charge on any atom is 0.230 e. The zero-order valence-corrected chi connectivity index (χ0v) is 14.0. The first-order chi connectivity index (χ1) is 10.6. The lowest BCUT2D eigenvalue weighted by atomic mass is 9.87. The molecule has 0 bridgehead atoms. The predicted octanol–water partition coefficient (Wildman–Crippen LogP) is 3.36. The van der Waals surface area contributed by atoms with Gasteiger partial charge in [0.05, 0.1) is 16.8 Å². The van der Waals surface area contributed by atoms with Gasteiger partial charge in [0.25, 0.3) is 0 Å². The molecule has 0 spiro atoms. The molecule has 0 atom stereocenters. The average Bonchev–Trinajstić information content (AvgIpc) is 2.84. The van der Waals surface area contributed by atoms with Crippen LogP contribution < -0.4 is 5.32 Å². The number of nitrogens with one attached hydrogen (secondary N) is 1. The molecule has 0 aliphatic heterocycles. The number of nitrogens with zero attached hydrogens (tertiary/aromatic N) is 2. The number of amides is 1. The number of para-hydroxylation sites is 2. The first-order valence-corrected chi connectivity index (χ1v) is 8.95. The van der Waals surface area contributed by atoms with Gasteiger partial charge in [-0.15, -0.1) is 0 Å². The number of hydrogen-bond donors (Lipinski definition) is 1. The summed E-state index contributed by atoms with van der Waals surface area (Å²) in [6.07, 6.45) is 4.68. The van der Waals surface area contributed by atoms with Gasteiger partial charge in [-0.3, -0.25) is 4.79 Å². The van der Waals surface area contributed by atoms with E-state index >= 15 is 0 Å². The van der Waals surface area contributed by atoms with Crippen molar-refractivity contribution < 1.29 is 4.79 Å². The molecule has 1 heterocycles. The van der Waals surface area contributed by atoms with Crippen LogP contribution in [0.15, 0.2) is 29.4 Å². The van der Waals surface area contributed by atoms with E-state index in [1.807, 2.05) is 25.2 Å². The minimum atomic E-state index is 0.122. The summed E-state index contributed by atoms with van der Waals surface area (Å²) in [5.74, 6) is 1.36. The quantitative estimate of drug-likeness (QED) is 0.880. The van der Waals surface area contributed by atoms with Crippen LogP contribution in [0.1, 0.15) is 32.6 Å². The first kappa shape index (κ1) is 15.4. The number of fused-ring (bicyclic) bond motifs is 1. The molecule has 0 saturated heterocycles. The Morgan fingerprint density at radius 3 is 2.77 bits per heavy atom. The monoisotopic (exact) mass is 317 g/mol. The number of carbonyl (C=O) groups is 1. The van der Waals surface area contributed by atoms with Crippen molar-refractivity contribution in [2.45, 2.75) is 43.8 Å². The van der Waals surface area contributed by atoms with Crippen LogP contribution in [0.5, 0.6) is 0 Å². The van der Waals surface area contributed by atoms with Gasteiger partial charge in [0.1, 0.15) is 0 Å². The van der Waals surface area contributed by atoms with Crippen LogP contribution in [-0.2, 0) is 11.8 Å². The van der Waals surface area contributed by atoms with E-state index in [2.05, 4.69) is 27.9 Å². The van der Waals surface area contributed by atoms with Crippen molar-refractivity contribution in [1.29, 1.82) is 0 Å². The van der Waals surface area contributed by atoms with Crippen LogP contribution in [0, 0.1) is 5.92 Å². The van der Waals surface area contributed by atoms with Gasteiger partial charge in [0.15, 0.2) is 5.16 Å². The van der Waals surface area contributed by atoms with Crippen LogP contribution in [-0.4, -0.2) is 27.3 Å². The molecule has 118 valence electrons. The molecule has 1 aliphatic carbocycles. The van der Waals surface area contributed by atoms with E-state index in [-0.39, 0.29) is 5.91 Å². The number of imidazole rings is 1. The molecule has 1 saturated carbocycles. The van der Waals surface area contributed by atoms with Crippen LogP contribution >= 0.6 is 11.8 Å². The number of thioether (sulfide) groups is 1. The molecule has 1 aliphatic rings. The van der Waals surface area contributed by atoms with Crippen LogP contribution in [0.3, 0.4) is 0 Å². The summed E-state index contributed by atoms with van der Waals surface area (Å²) in [5, 5.41) is 4.06. The summed E-state index contributed by atoms with van der Waals surface area (Å²) >= 11 is 1.51. The Balaban J connectivity index is 1.55. The molecular formula is C17H23N3OS. The summed E-state index contributed by atoms with van der Waals surface area (Å²) < 4.78 is 2.05. The fourth-order valence-electron chi connectivity index (χ4n) is 3.06. The Morgan fingerprint density at radius 2 is 2.05 bits per heavy atom. The normalized spacial score (nSPS) is 21.9. The summed E-state index contributed by atoms with van der Waals surface area (Å²) in [5.41, 5.74) is 2.08. The highest BCUT2D eigenvalue weighted by Crippen LogP contribution is 2.24. The second-order valence-corrected chi connectivity index (χ2v) is 7.20. The second-order valence-electron chi connectivity index (χ2n) is 6.26. The van der Waals surface area contributed by atoms with E-state index in [4.69, 9.17) is 0 Å². The van der Waals surface area contributed by atoms with E-state index in [0.29, 0.717) is 11.8 Å². The molecule has 2 aromatic rings. The highest BCUT2D eigenvalue weighted by atomic mass is 32.2. The number of benzene rings is 1. The number of carbonyl (C=O) groups excluding carboxylic acids is 1. The van der Waals surface area contributed by atoms with Crippen LogP contribution in [0.2, 0.25) is 0 Å².